The van der Waals surface area contributed by atoms with Crippen LogP contribution in [0.2, 0.25) is 0 Å². The van der Waals surface area contributed by atoms with Crippen LogP contribution in [-0.4, -0.2) is 49.6 Å². The normalized spacial score (nSPS) is 38.3. The molecule has 3 fully saturated rings. The molecule has 5 rings (SSSR count). The second kappa shape index (κ2) is 6.05. The number of Topliss-reactive ketones (excluding diaryl/α,β-unsaturated/α-hetero) is 1. The van der Waals surface area contributed by atoms with Crippen molar-refractivity contribution in [2.24, 2.45) is 11.8 Å². The predicted octanol–water partition coefficient (Wildman–Crippen LogP) is 3.36. The van der Waals surface area contributed by atoms with E-state index in [4.69, 9.17) is 9.47 Å². The molecule has 1 aliphatic heterocycles. The van der Waals surface area contributed by atoms with Crippen LogP contribution in [0.25, 0.3) is 0 Å². The van der Waals surface area contributed by atoms with Crippen LogP contribution >= 0.6 is 0 Å². The second-order valence-corrected chi connectivity index (χ2v) is 9.36. The molecule has 4 nitrogen and oxygen atoms in total. The summed E-state index contributed by atoms with van der Waals surface area (Å²) in [6.45, 7) is 4.36. The maximum absolute atomic E-state index is 12.9. The van der Waals surface area contributed by atoms with Gasteiger partial charge in [0.2, 0.25) is 0 Å². The van der Waals surface area contributed by atoms with Crippen LogP contribution < -0.4 is 4.74 Å². The molecule has 1 unspecified atom stereocenters. The van der Waals surface area contributed by atoms with Crippen LogP contribution in [-0.2, 0) is 21.4 Å². The number of carbonyl (C=O) groups is 1. The van der Waals surface area contributed by atoms with E-state index >= 15 is 0 Å². The molecule has 4 atom stereocenters. The molecule has 0 N–H and O–H groups in total. The summed E-state index contributed by atoms with van der Waals surface area (Å²) >= 11 is 0. The van der Waals surface area contributed by atoms with E-state index in [0.29, 0.717) is 18.2 Å². The molecule has 1 aromatic rings. The SMILES string of the molecule is COc1ccc2c(c1)[C@]13CCN(CC4CC4)[C@H](C2)[C@]1(OC)CC(C)C(=O)C3. The van der Waals surface area contributed by atoms with Gasteiger partial charge >= 0.3 is 0 Å². The highest BCUT2D eigenvalue weighted by Gasteiger charge is 2.67. The van der Waals surface area contributed by atoms with Gasteiger partial charge in [0.25, 0.3) is 0 Å². The molecule has 0 radical (unpaired) electrons. The standard InChI is InChI=1S/C23H31NO3/c1-15-12-23(27-3)21-10-17-6-7-18(26-2)11-19(17)22(23,13-20(15)25)8-9-24(21)14-16-4-5-16/h6-7,11,15-16,21H,4-5,8-10,12-14H2,1-3H3/t15?,21-,22-,23-/m1/s1. The van der Waals surface area contributed by atoms with Crippen LogP contribution in [0, 0.1) is 11.8 Å². The van der Waals surface area contributed by atoms with Gasteiger partial charge < -0.3 is 9.47 Å². The van der Waals surface area contributed by atoms with Crippen molar-refractivity contribution < 1.29 is 14.3 Å². The molecular weight excluding hydrogens is 338 g/mol. The third-order valence-corrected chi connectivity index (χ3v) is 8.05. The zero-order chi connectivity index (χ0) is 18.8. The lowest BCUT2D eigenvalue weighted by atomic mass is 9.48. The summed E-state index contributed by atoms with van der Waals surface area (Å²) in [4.78, 5) is 15.6. The molecule has 146 valence electrons. The number of rotatable bonds is 4. The van der Waals surface area contributed by atoms with Crippen molar-refractivity contribution >= 4 is 5.78 Å². The molecule has 2 bridgehead atoms. The number of piperidine rings is 1. The molecule has 4 heteroatoms. The van der Waals surface area contributed by atoms with Gasteiger partial charge in [0.15, 0.2) is 0 Å². The van der Waals surface area contributed by atoms with Crippen LogP contribution in [0.1, 0.15) is 50.2 Å². The average Bonchev–Trinajstić information content (AvgIpc) is 3.49. The number of ketones is 1. The van der Waals surface area contributed by atoms with Crippen molar-refractivity contribution in [3.63, 3.8) is 0 Å². The van der Waals surface area contributed by atoms with E-state index in [1.807, 2.05) is 7.11 Å². The fraction of sp³-hybridized carbons (Fsp3) is 0.696. The molecule has 1 saturated heterocycles. The van der Waals surface area contributed by atoms with E-state index in [-0.39, 0.29) is 16.9 Å². The summed E-state index contributed by atoms with van der Waals surface area (Å²) in [6.07, 6.45) is 6.21. The van der Waals surface area contributed by atoms with E-state index in [0.717, 1.165) is 37.5 Å². The van der Waals surface area contributed by atoms with Gasteiger partial charge in [-0.1, -0.05) is 13.0 Å². The Bertz CT molecular complexity index is 773. The van der Waals surface area contributed by atoms with E-state index in [1.165, 1.54) is 30.5 Å². The number of likely N-dealkylation sites (tertiary alicyclic amines) is 1. The number of ether oxygens (including phenoxy) is 2. The smallest absolute Gasteiger partial charge is 0.136 e. The van der Waals surface area contributed by atoms with E-state index in [9.17, 15) is 4.79 Å². The van der Waals surface area contributed by atoms with Gasteiger partial charge in [-0.25, -0.2) is 0 Å². The number of methoxy groups -OCH3 is 2. The monoisotopic (exact) mass is 369 g/mol. The van der Waals surface area contributed by atoms with Crippen molar-refractivity contribution in [2.75, 3.05) is 27.3 Å². The number of benzene rings is 1. The fourth-order valence-electron chi connectivity index (χ4n) is 6.46. The lowest BCUT2D eigenvalue weighted by Gasteiger charge is -2.65. The Hall–Kier alpha value is -1.39. The number of carbonyl (C=O) groups excluding carboxylic acids is 1. The maximum atomic E-state index is 12.9. The molecule has 3 aliphatic carbocycles. The third kappa shape index (κ3) is 2.39. The summed E-state index contributed by atoms with van der Waals surface area (Å²) in [6, 6.07) is 6.86. The topological polar surface area (TPSA) is 38.8 Å². The summed E-state index contributed by atoms with van der Waals surface area (Å²) in [5, 5.41) is 0. The zero-order valence-electron chi connectivity index (χ0n) is 16.8. The van der Waals surface area contributed by atoms with Crippen molar-refractivity contribution in [1.29, 1.82) is 0 Å². The van der Waals surface area contributed by atoms with Gasteiger partial charge in [0.1, 0.15) is 11.5 Å². The van der Waals surface area contributed by atoms with Gasteiger partial charge in [-0.05, 0) is 67.8 Å². The molecule has 1 heterocycles. The number of nitrogens with zero attached hydrogens (tertiary/aromatic N) is 1. The highest BCUT2D eigenvalue weighted by molar-refractivity contribution is 5.84. The first kappa shape index (κ1) is 17.7. The minimum atomic E-state index is -0.271. The van der Waals surface area contributed by atoms with Crippen molar-refractivity contribution in [3.05, 3.63) is 29.3 Å². The van der Waals surface area contributed by atoms with Crippen molar-refractivity contribution in [2.45, 2.75) is 62.5 Å². The van der Waals surface area contributed by atoms with Gasteiger partial charge in [-0.2, -0.15) is 0 Å². The molecule has 0 amide bonds. The van der Waals surface area contributed by atoms with Crippen LogP contribution in [0.15, 0.2) is 18.2 Å². The Balaban J connectivity index is 1.68. The largest absolute Gasteiger partial charge is 0.497 e. The maximum Gasteiger partial charge on any atom is 0.136 e. The molecule has 4 aliphatic rings. The van der Waals surface area contributed by atoms with Crippen molar-refractivity contribution in [1.82, 2.24) is 4.90 Å². The molecule has 1 aromatic carbocycles. The van der Waals surface area contributed by atoms with Crippen LogP contribution in [0.3, 0.4) is 0 Å². The first-order chi connectivity index (χ1) is 13.0. The molecule has 0 aromatic heterocycles. The lowest BCUT2D eigenvalue weighted by molar-refractivity contribution is -0.194. The lowest BCUT2D eigenvalue weighted by Crippen LogP contribution is -2.75. The Morgan fingerprint density at radius 2 is 2.07 bits per heavy atom. The first-order valence-corrected chi connectivity index (χ1v) is 10.5. The number of hydrogen-bond acceptors (Lipinski definition) is 4. The van der Waals surface area contributed by atoms with Crippen LogP contribution in [0.5, 0.6) is 5.75 Å². The zero-order valence-corrected chi connectivity index (χ0v) is 16.8. The van der Waals surface area contributed by atoms with E-state index in [1.54, 1.807) is 7.11 Å². The van der Waals surface area contributed by atoms with Crippen molar-refractivity contribution in [3.8, 4) is 5.75 Å². The molecular formula is C23H31NO3. The van der Waals surface area contributed by atoms with Crippen LogP contribution in [0.4, 0.5) is 0 Å². The van der Waals surface area contributed by atoms with E-state index < -0.39 is 0 Å². The minimum absolute atomic E-state index is 0.0774. The number of fused-ring (bicyclic) bond motifs is 1. The Labute approximate surface area is 162 Å². The fourth-order valence-corrected chi connectivity index (χ4v) is 6.46. The summed E-state index contributed by atoms with van der Waals surface area (Å²) in [7, 11) is 3.61. The third-order valence-electron chi connectivity index (χ3n) is 8.05. The number of hydrogen-bond donors (Lipinski definition) is 0. The molecule has 0 spiro atoms. The van der Waals surface area contributed by atoms with Gasteiger partial charge in [0.05, 0.1) is 12.7 Å². The Morgan fingerprint density at radius 3 is 2.78 bits per heavy atom. The average molecular weight is 370 g/mol. The van der Waals surface area contributed by atoms with Gasteiger partial charge in [-0.15, -0.1) is 0 Å². The Kier molecular flexibility index (Phi) is 3.97. The highest BCUT2D eigenvalue weighted by atomic mass is 16.5. The molecule has 2 saturated carbocycles. The van der Waals surface area contributed by atoms with Gasteiger partial charge in [-0.3, -0.25) is 9.69 Å². The first-order valence-electron chi connectivity index (χ1n) is 10.5. The van der Waals surface area contributed by atoms with E-state index in [2.05, 4.69) is 30.0 Å². The summed E-state index contributed by atoms with van der Waals surface area (Å²) in [5.74, 6) is 2.23. The summed E-state index contributed by atoms with van der Waals surface area (Å²) < 4.78 is 12.0. The minimum Gasteiger partial charge on any atom is -0.497 e. The van der Waals surface area contributed by atoms with Gasteiger partial charge in [0, 0.05) is 37.5 Å². The quantitative estimate of drug-likeness (QED) is 0.816. The highest BCUT2D eigenvalue weighted by Crippen LogP contribution is 2.60. The second-order valence-electron chi connectivity index (χ2n) is 9.36. The Morgan fingerprint density at radius 1 is 1.26 bits per heavy atom. The predicted molar refractivity (Wildman–Crippen MR) is 104 cm³/mol. The molecule has 27 heavy (non-hydrogen) atoms. The summed E-state index contributed by atoms with van der Waals surface area (Å²) in [5.41, 5.74) is 2.22.